The lowest BCUT2D eigenvalue weighted by Gasteiger charge is -2.37. The Morgan fingerprint density at radius 1 is 1.08 bits per heavy atom. The van der Waals surface area contributed by atoms with Crippen molar-refractivity contribution in [2.24, 2.45) is 5.92 Å². The molecule has 0 amide bonds. The zero-order valence-electron chi connectivity index (χ0n) is 19.9. The first-order chi connectivity index (χ1) is 17.5. The molecule has 0 saturated carbocycles. The van der Waals surface area contributed by atoms with E-state index in [0.29, 0.717) is 34.8 Å². The molecule has 36 heavy (non-hydrogen) atoms. The number of benzene rings is 3. The first-order valence-corrected chi connectivity index (χ1v) is 11.9. The number of aromatic hydroxyl groups is 1. The quantitative estimate of drug-likeness (QED) is 0.459. The zero-order chi connectivity index (χ0) is 25.2. The average Bonchev–Trinajstić information content (AvgIpc) is 2.87. The highest BCUT2D eigenvalue weighted by atomic mass is 19.1. The molecule has 1 atom stereocenters. The van der Waals surface area contributed by atoms with E-state index in [4.69, 9.17) is 9.47 Å². The van der Waals surface area contributed by atoms with Crippen LogP contribution in [0.1, 0.15) is 35.3 Å². The van der Waals surface area contributed by atoms with Crippen LogP contribution in [0, 0.1) is 23.1 Å². The summed E-state index contributed by atoms with van der Waals surface area (Å²) in [6.07, 6.45) is -0.627. The largest absolute Gasteiger partial charge is 0.508 e. The Hall–Kier alpha value is -3.89. The van der Waals surface area contributed by atoms with Crippen LogP contribution in [0.5, 0.6) is 17.2 Å². The molecular weight excluding hydrogens is 462 g/mol. The summed E-state index contributed by atoms with van der Waals surface area (Å²) in [5, 5.41) is 19.4. The second-order valence-corrected chi connectivity index (χ2v) is 9.22. The highest BCUT2D eigenvalue weighted by molar-refractivity contribution is 5.96. The molecule has 5 rings (SSSR count). The van der Waals surface area contributed by atoms with E-state index >= 15 is 4.39 Å². The third-order valence-electron chi connectivity index (χ3n) is 6.77. The number of hydrogen-bond acceptors (Lipinski definition) is 5. The Labute approximate surface area is 208 Å². The number of fused-ring (bicyclic) bond motifs is 1. The van der Waals surface area contributed by atoms with Gasteiger partial charge in [-0.05, 0) is 66.6 Å². The molecule has 2 aliphatic heterocycles. The summed E-state index contributed by atoms with van der Waals surface area (Å²) in [5.41, 5.74) is 3.45. The van der Waals surface area contributed by atoms with E-state index in [2.05, 4.69) is 11.0 Å². The number of allylic oxidation sites excluding steroid dienone is 1. The predicted octanol–water partition coefficient (Wildman–Crippen LogP) is 5.75. The number of halogens is 2. The van der Waals surface area contributed by atoms with E-state index in [-0.39, 0.29) is 23.9 Å². The molecule has 0 aliphatic carbocycles. The van der Waals surface area contributed by atoms with Crippen LogP contribution in [-0.4, -0.2) is 42.9 Å². The van der Waals surface area contributed by atoms with Crippen LogP contribution in [-0.2, 0) is 0 Å². The number of nitrogens with zero attached hydrogens (tertiary/aromatic N) is 2. The zero-order valence-corrected chi connectivity index (χ0v) is 19.9. The lowest BCUT2D eigenvalue weighted by Crippen LogP contribution is -2.49. The summed E-state index contributed by atoms with van der Waals surface area (Å²) in [6, 6.07) is 18.6. The van der Waals surface area contributed by atoms with Crippen LogP contribution in [0.2, 0.25) is 0 Å². The molecule has 3 aromatic carbocycles. The number of alkyl halides is 1. The maximum absolute atomic E-state index is 15.1. The molecular formula is C29H26F2N2O3. The fraction of sp³-hybridized carbons (Fsp3) is 0.276. The molecule has 0 aromatic heterocycles. The molecule has 7 heteroatoms. The minimum absolute atomic E-state index is 0.0840. The van der Waals surface area contributed by atoms with Gasteiger partial charge in [0.15, 0.2) is 0 Å². The van der Waals surface area contributed by atoms with E-state index in [9.17, 15) is 14.8 Å². The van der Waals surface area contributed by atoms with E-state index < -0.39 is 11.9 Å². The smallest absolute Gasteiger partial charge is 0.150 e. The van der Waals surface area contributed by atoms with Crippen LogP contribution in [0.25, 0.3) is 11.1 Å². The number of ether oxygens (including phenoxy) is 2. The van der Waals surface area contributed by atoms with Gasteiger partial charge in [0.05, 0.1) is 18.3 Å². The molecule has 1 saturated heterocycles. The topological polar surface area (TPSA) is 65.7 Å². The van der Waals surface area contributed by atoms with Crippen molar-refractivity contribution in [2.75, 3.05) is 32.9 Å². The van der Waals surface area contributed by atoms with Gasteiger partial charge in [-0.2, -0.15) is 5.26 Å². The molecule has 1 fully saturated rings. The SMILES string of the molecule is CC1=C(c2cc(C#N)ccc2F)[C@H](c2ccc(OCCN3CC(CF)C3)cc2)Oc2ccc(O)cc21. The number of nitriles is 1. The van der Waals surface area contributed by atoms with Gasteiger partial charge in [-0.1, -0.05) is 12.1 Å². The normalized spacial score (nSPS) is 17.7. The summed E-state index contributed by atoms with van der Waals surface area (Å²) >= 11 is 0. The number of likely N-dealkylation sites (tertiary alicyclic amines) is 1. The van der Waals surface area contributed by atoms with Crippen LogP contribution in [0.4, 0.5) is 8.78 Å². The van der Waals surface area contributed by atoms with E-state index in [0.717, 1.165) is 30.8 Å². The minimum atomic E-state index is -0.627. The van der Waals surface area contributed by atoms with Crippen molar-refractivity contribution in [2.45, 2.75) is 13.0 Å². The Kier molecular flexibility index (Phi) is 6.62. The summed E-state index contributed by atoms with van der Waals surface area (Å²) in [5.74, 6) is 1.06. The number of phenolic OH excluding ortho intramolecular Hbond substituents is 1. The second-order valence-electron chi connectivity index (χ2n) is 9.22. The van der Waals surface area contributed by atoms with Crippen LogP contribution >= 0.6 is 0 Å². The van der Waals surface area contributed by atoms with Crippen molar-refractivity contribution < 1.29 is 23.4 Å². The number of rotatable bonds is 7. The molecule has 2 aliphatic rings. The van der Waals surface area contributed by atoms with Crippen molar-refractivity contribution in [1.29, 1.82) is 5.26 Å². The fourth-order valence-electron chi connectivity index (χ4n) is 4.81. The summed E-state index contributed by atoms with van der Waals surface area (Å²) in [7, 11) is 0. The molecule has 0 radical (unpaired) electrons. The third-order valence-corrected chi connectivity index (χ3v) is 6.77. The Morgan fingerprint density at radius 3 is 2.58 bits per heavy atom. The molecule has 2 heterocycles. The molecule has 0 spiro atoms. The monoisotopic (exact) mass is 488 g/mol. The maximum Gasteiger partial charge on any atom is 0.150 e. The van der Waals surface area contributed by atoms with Gasteiger partial charge >= 0.3 is 0 Å². The van der Waals surface area contributed by atoms with Gasteiger partial charge in [-0.15, -0.1) is 0 Å². The molecule has 3 aromatic rings. The average molecular weight is 489 g/mol. The first kappa shape index (κ1) is 23.8. The summed E-state index contributed by atoms with van der Waals surface area (Å²) in [6.45, 7) is 4.39. The van der Waals surface area contributed by atoms with Gasteiger partial charge in [0, 0.05) is 42.3 Å². The Bertz CT molecular complexity index is 1340. The summed E-state index contributed by atoms with van der Waals surface area (Å²) < 4.78 is 39.9. The van der Waals surface area contributed by atoms with E-state index in [1.807, 2.05) is 31.2 Å². The molecule has 0 unspecified atom stereocenters. The van der Waals surface area contributed by atoms with Crippen molar-refractivity contribution in [1.82, 2.24) is 4.90 Å². The van der Waals surface area contributed by atoms with Gasteiger partial charge in [0.2, 0.25) is 0 Å². The second kappa shape index (κ2) is 10.00. The third kappa shape index (κ3) is 4.65. The summed E-state index contributed by atoms with van der Waals surface area (Å²) in [4.78, 5) is 2.16. The van der Waals surface area contributed by atoms with Gasteiger partial charge in [0.25, 0.3) is 0 Å². The molecule has 0 bridgehead atoms. The van der Waals surface area contributed by atoms with Crippen LogP contribution in [0.3, 0.4) is 0 Å². The molecule has 5 nitrogen and oxygen atoms in total. The first-order valence-electron chi connectivity index (χ1n) is 11.9. The van der Waals surface area contributed by atoms with Gasteiger partial charge in [-0.3, -0.25) is 9.29 Å². The molecule has 1 N–H and O–H groups in total. The van der Waals surface area contributed by atoms with Crippen LogP contribution in [0.15, 0.2) is 60.7 Å². The fourth-order valence-corrected chi connectivity index (χ4v) is 4.81. The number of phenols is 1. The van der Waals surface area contributed by atoms with Gasteiger partial charge in [0.1, 0.15) is 35.8 Å². The standard InChI is InChI=1S/C29H26F2N2O3/c1-18-24-13-22(34)5-9-27(24)36-29(28(18)25-12-19(15-32)2-8-26(25)31)21-3-6-23(7-4-21)35-11-10-33-16-20(14-30)17-33/h2-9,12-13,20,29,34H,10-11,14,16-17H2,1H3/t29-/m0/s1. The maximum atomic E-state index is 15.1. The van der Waals surface area contributed by atoms with Crippen molar-refractivity contribution >= 4 is 11.1 Å². The van der Waals surface area contributed by atoms with Crippen LogP contribution < -0.4 is 9.47 Å². The van der Waals surface area contributed by atoms with Gasteiger partial charge < -0.3 is 14.6 Å². The van der Waals surface area contributed by atoms with Crippen molar-refractivity contribution in [3.8, 4) is 23.3 Å². The van der Waals surface area contributed by atoms with Crippen molar-refractivity contribution in [3.63, 3.8) is 0 Å². The van der Waals surface area contributed by atoms with Crippen molar-refractivity contribution in [3.05, 3.63) is 88.7 Å². The number of hydrogen-bond donors (Lipinski definition) is 1. The Morgan fingerprint density at radius 2 is 1.86 bits per heavy atom. The van der Waals surface area contributed by atoms with E-state index in [1.54, 1.807) is 18.2 Å². The predicted molar refractivity (Wildman–Crippen MR) is 133 cm³/mol. The lowest BCUT2D eigenvalue weighted by atomic mass is 9.85. The van der Waals surface area contributed by atoms with E-state index in [1.165, 1.54) is 18.2 Å². The minimum Gasteiger partial charge on any atom is -0.508 e. The highest BCUT2D eigenvalue weighted by Gasteiger charge is 2.31. The molecule has 184 valence electrons. The lowest BCUT2D eigenvalue weighted by molar-refractivity contribution is 0.0668. The Balaban J connectivity index is 1.43. The van der Waals surface area contributed by atoms with Gasteiger partial charge in [-0.25, -0.2) is 4.39 Å². The highest BCUT2D eigenvalue weighted by Crippen LogP contribution is 2.48.